The molecular formula is C7H9N4O+. The highest BCUT2D eigenvalue weighted by Crippen LogP contribution is 1.89. The molecule has 0 saturated carbocycles. The highest BCUT2D eigenvalue weighted by molar-refractivity contribution is 5.19. The van der Waals surface area contributed by atoms with Crippen molar-refractivity contribution in [2.75, 3.05) is 0 Å². The molecule has 0 amide bonds. The Morgan fingerprint density at radius 1 is 1.58 bits per heavy atom. The standard InChI is InChI=1S/C7H8N4O/c1-4-3-6(12)11-7(8-4)9-5(2)10-11/h3H,1-2H3,(H,8,9,10)/p+1. The first-order valence-electron chi connectivity index (χ1n) is 3.65. The number of aryl methyl sites for hydroxylation is 2. The number of nitrogens with one attached hydrogen (secondary N) is 2. The van der Waals surface area contributed by atoms with Crippen LogP contribution in [0.15, 0.2) is 10.9 Å². The summed E-state index contributed by atoms with van der Waals surface area (Å²) in [6.45, 7) is 3.63. The van der Waals surface area contributed by atoms with Gasteiger partial charge in [0.1, 0.15) is 5.69 Å². The molecule has 2 aromatic heterocycles. The lowest BCUT2D eigenvalue weighted by molar-refractivity contribution is -0.359. The van der Waals surface area contributed by atoms with Gasteiger partial charge in [-0.15, -0.1) is 4.98 Å². The minimum Gasteiger partial charge on any atom is -0.252 e. The van der Waals surface area contributed by atoms with Crippen molar-refractivity contribution in [1.82, 2.24) is 14.6 Å². The number of H-pyrrole nitrogens is 2. The van der Waals surface area contributed by atoms with Crippen LogP contribution in [0.3, 0.4) is 0 Å². The summed E-state index contributed by atoms with van der Waals surface area (Å²) in [5, 5.41) is 2.84. The molecule has 0 radical (unpaired) electrons. The molecule has 0 unspecified atom stereocenters. The number of aromatic nitrogens is 4. The fourth-order valence-electron chi connectivity index (χ4n) is 1.15. The van der Waals surface area contributed by atoms with Gasteiger partial charge < -0.3 is 0 Å². The lowest BCUT2D eigenvalue weighted by atomic mass is 10.5. The van der Waals surface area contributed by atoms with Gasteiger partial charge >= 0.3 is 11.3 Å². The second-order valence-electron chi connectivity index (χ2n) is 2.76. The maximum atomic E-state index is 11.3. The number of rotatable bonds is 0. The van der Waals surface area contributed by atoms with Gasteiger partial charge in [-0.1, -0.05) is 4.52 Å². The van der Waals surface area contributed by atoms with Crippen LogP contribution in [0.25, 0.3) is 5.78 Å². The first kappa shape index (κ1) is 7.02. The Labute approximate surface area is 68.1 Å². The molecule has 0 saturated heterocycles. The number of nitrogens with zero attached hydrogens (tertiary/aromatic N) is 2. The van der Waals surface area contributed by atoms with E-state index in [0.717, 1.165) is 11.5 Å². The molecule has 2 rings (SSSR count). The van der Waals surface area contributed by atoms with Gasteiger partial charge in [0.05, 0.1) is 6.07 Å². The van der Waals surface area contributed by atoms with Crippen LogP contribution in [0.1, 0.15) is 11.5 Å². The highest BCUT2D eigenvalue weighted by Gasteiger charge is 2.09. The zero-order valence-electron chi connectivity index (χ0n) is 6.88. The molecule has 2 heterocycles. The predicted molar refractivity (Wildman–Crippen MR) is 41.8 cm³/mol. The van der Waals surface area contributed by atoms with Crippen LogP contribution in [0.5, 0.6) is 0 Å². The number of fused-ring (bicyclic) bond motifs is 1. The Morgan fingerprint density at radius 3 is 3.08 bits per heavy atom. The van der Waals surface area contributed by atoms with Crippen molar-refractivity contribution in [2.24, 2.45) is 0 Å². The minimum atomic E-state index is -0.0955. The van der Waals surface area contributed by atoms with Gasteiger partial charge in [-0.2, -0.15) is 5.10 Å². The summed E-state index contributed by atoms with van der Waals surface area (Å²) in [6.07, 6.45) is 0. The van der Waals surface area contributed by atoms with E-state index in [0.29, 0.717) is 5.78 Å². The SMILES string of the molecule is Cc1cc(=O)n2[nH]c(C)[nH+]c2n1. The molecular weight excluding hydrogens is 156 g/mol. The normalized spacial score (nSPS) is 10.8. The molecule has 0 aliphatic carbocycles. The lowest BCUT2D eigenvalue weighted by Gasteiger charge is -1.82. The Bertz CT molecular complexity index is 482. The van der Waals surface area contributed by atoms with E-state index >= 15 is 0 Å². The lowest BCUT2D eigenvalue weighted by Crippen LogP contribution is -2.16. The Kier molecular flexibility index (Phi) is 1.27. The zero-order chi connectivity index (χ0) is 8.72. The Balaban J connectivity index is 2.98. The van der Waals surface area contributed by atoms with Gasteiger partial charge in [0, 0.05) is 6.92 Å². The fourth-order valence-corrected chi connectivity index (χ4v) is 1.15. The van der Waals surface area contributed by atoms with E-state index in [1.807, 2.05) is 6.92 Å². The van der Waals surface area contributed by atoms with Crippen LogP contribution in [0, 0.1) is 13.8 Å². The summed E-state index contributed by atoms with van der Waals surface area (Å²) in [5.41, 5.74) is 0.622. The highest BCUT2D eigenvalue weighted by atomic mass is 16.1. The van der Waals surface area contributed by atoms with Gasteiger partial charge in [0.2, 0.25) is 0 Å². The van der Waals surface area contributed by atoms with E-state index in [-0.39, 0.29) is 5.56 Å². The molecule has 5 heteroatoms. The summed E-state index contributed by atoms with van der Waals surface area (Å²) in [6, 6.07) is 1.48. The smallest absolute Gasteiger partial charge is 0.252 e. The second kappa shape index (κ2) is 2.17. The van der Waals surface area contributed by atoms with Gasteiger partial charge in [-0.25, -0.2) is 4.98 Å². The molecule has 0 aliphatic rings. The molecule has 0 bridgehead atoms. The summed E-state index contributed by atoms with van der Waals surface area (Å²) < 4.78 is 1.38. The molecule has 62 valence electrons. The minimum absolute atomic E-state index is 0.0955. The molecule has 0 spiro atoms. The van der Waals surface area contributed by atoms with Crippen LogP contribution in [0.4, 0.5) is 0 Å². The summed E-state index contributed by atoms with van der Waals surface area (Å²) in [7, 11) is 0. The van der Waals surface area contributed by atoms with Crippen molar-refractivity contribution in [2.45, 2.75) is 13.8 Å². The van der Waals surface area contributed by atoms with E-state index in [1.165, 1.54) is 10.6 Å². The maximum absolute atomic E-state index is 11.3. The topological polar surface area (TPSA) is 64.3 Å². The van der Waals surface area contributed by atoms with Crippen molar-refractivity contribution in [3.05, 3.63) is 27.9 Å². The molecule has 0 fully saturated rings. The molecule has 0 atom stereocenters. The van der Waals surface area contributed by atoms with E-state index in [9.17, 15) is 4.79 Å². The van der Waals surface area contributed by atoms with Gasteiger partial charge in [-0.05, 0) is 6.92 Å². The van der Waals surface area contributed by atoms with Crippen molar-refractivity contribution >= 4 is 5.78 Å². The molecule has 2 N–H and O–H groups in total. The molecule has 5 nitrogen and oxygen atoms in total. The molecule has 2 aromatic rings. The summed E-state index contributed by atoms with van der Waals surface area (Å²) in [4.78, 5) is 18.4. The van der Waals surface area contributed by atoms with E-state index in [2.05, 4.69) is 15.1 Å². The average molecular weight is 165 g/mol. The van der Waals surface area contributed by atoms with Crippen molar-refractivity contribution in [3.8, 4) is 0 Å². The zero-order valence-corrected chi connectivity index (χ0v) is 6.88. The third-order valence-corrected chi connectivity index (χ3v) is 1.63. The van der Waals surface area contributed by atoms with Crippen LogP contribution >= 0.6 is 0 Å². The van der Waals surface area contributed by atoms with Crippen molar-refractivity contribution in [1.29, 1.82) is 0 Å². The monoisotopic (exact) mass is 165 g/mol. The van der Waals surface area contributed by atoms with Crippen LogP contribution < -0.4 is 10.5 Å². The van der Waals surface area contributed by atoms with Crippen LogP contribution in [-0.2, 0) is 0 Å². The van der Waals surface area contributed by atoms with E-state index in [4.69, 9.17) is 0 Å². The second-order valence-corrected chi connectivity index (χ2v) is 2.76. The van der Waals surface area contributed by atoms with Gasteiger partial charge in [-0.3, -0.25) is 4.79 Å². The van der Waals surface area contributed by atoms with Crippen LogP contribution in [-0.4, -0.2) is 14.6 Å². The summed E-state index contributed by atoms with van der Waals surface area (Å²) >= 11 is 0. The number of aromatic amines is 2. The quantitative estimate of drug-likeness (QED) is 0.569. The first-order chi connectivity index (χ1) is 5.66. The third kappa shape index (κ3) is 0.903. The largest absolute Gasteiger partial charge is 0.385 e. The number of hydrogen-bond donors (Lipinski definition) is 1. The van der Waals surface area contributed by atoms with Gasteiger partial charge in [0.15, 0.2) is 5.82 Å². The fraction of sp³-hybridized carbons (Fsp3) is 0.286. The molecule has 0 aromatic carbocycles. The van der Waals surface area contributed by atoms with Crippen molar-refractivity contribution in [3.63, 3.8) is 0 Å². The van der Waals surface area contributed by atoms with Crippen LogP contribution in [0.2, 0.25) is 0 Å². The van der Waals surface area contributed by atoms with Crippen molar-refractivity contribution < 1.29 is 4.98 Å². The number of hydrogen-bond acceptors (Lipinski definition) is 2. The molecule has 0 aliphatic heterocycles. The Morgan fingerprint density at radius 2 is 2.33 bits per heavy atom. The average Bonchev–Trinajstić information content (AvgIpc) is 2.29. The summed E-state index contributed by atoms with van der Waals surface area (Å²) in [5.74, 6) is 1.36. The predicted octanol–water partition coefficient (Wildman–Crippen LogP) is -0.546. The van der Waals surface area contributed by atoms with E-state index < -0.39 is 0 Å². The van der Waals surface area contributed by atoms with E-state index in [1.54, 1.807) is 6.92 Å². The van der Waals surface area contributed by atoms with Gasteiger partial charge in [0.25, 0.3) is 0 Å². The Hall–Kier alpha value is -1.65. The molecule has 12 heavy (non-hydrogen) atoms. The third-order valence-electron chi connectivity index (χ3n) is 1.63. The maximum Gasteiger partial charge on any atom is 0.385 e. The first-order valence-corrected chi connectivity index (χ1v) is 3.65.